The van der Waals surface area contributed by atoms with Crippen molar-refractivity contribution in [1.82, 2.24) is 5.32 Å². The van der Waals surface area contributed by atoms with Crippen LogP contribution in [0, 0.1) is 12.7 Å². The van der Waals surface area contributed by atoms with Gasteiger partial charge in [0, 0.05) is 6.54 Å². The van der Waals surface area contributed by atoms with Gasteiger partial charge in [0.1, 0.15) is 5.82 Å². The Hall–Kier alpha value is -1.11. The van der Waals surface area contributed by atoms with E-state index in [0.29, 0.717) is 24.6 Å². The van der Waals surface area contributed by atoms with Crippen molar-refractivity contribution in [3.63, 3.8) is 0 Å². The molecule has 1 aromatic carbocycles. The lowest BCUT2D eigenvalue weighted by molar-refractivity contribution is 0.616. The summed E-state index contributed by atoms with van der Waals surface area (Å²) in [7, 11) is 0. The van der Waals surface area contributed by atoms with E-state index in [1.54, 1.807) is 13.0 Å². The molecule has 3 N–H and O–H groups in total. The van der Waals surface area contributed by atoms with Crippen molar-refractivity contribution in [1.29, 1.82) is 0 Å². The molecule has 1 rings (SSSR count). The Morgan fingerprint density at radius 2 is 2.17 bits per heavy atom. The summed E-state index contributed by atoms with van der Waals surface area (Å²) in [4.78, 5) is 4.11. The first-order valence-corrected chi connectivity index (χ1v) is 5.42. The maximum absolute atomic E-state index is 13.3. The van der Waals surface area contributed by atoms with E-state index >= 15 is 0 Å². The van der Waals surface area contributed by atoms with Crippen LogP contribution in [0.3, 0.4) is 0 Å². The first kappa shape index (κ1) is 16.9. The third-order valence-corrected chi connectivity index (χ3v) is 2.24. The third kappa shape index (κ3) is 6.00. The maximum Gasteiger partial charge on any atom is 0.189 e. The van der Waals surface area contributed by atoms with Crippen molar-refractivity contribution in [3.05, 3.63) is 47.3 Å². The molecule has 0 atom stereocenters. The molecule has 3 nitrogen and oxygen atoms in total. The van der Waals surface area contributed by atoms with E-state index in [2.05, 4.69) is 16.9 Å². The molecule has 0 aliphatic carbocycles. The van der Waals surface area contributed by atoms with Gasteiger partial charge in [-0.2, -0.15) is 0 Å². The number of guanidine groups is 1. The normalized spacial score (nSPS) is 10.7. The van der Waals surface area contributed by atoms with E-state index in [9.17, 15) is 4.39 Å². The Kier molecular flexibility index (Phi) is 7.58. The van der Waals surface area contributed by atoms with Crippen molar-refractivity contribution in [2.75, 3.05) is 6.54 Å². The fourth-order valence-corrected chi connectivity index (χ4v) is 1.21. The summed E-state index contributed by atoms with van der Waals surface area (Å²) in [5.74, 6) is 0.125. The molecule has 0 amide bonds. The summed E-state index contributed by atoms with van der Waals surface area (Å²) < 4.78 is 13.3. The molecule has 0 saturated carbocycles. The number of aryl methyl sites for hydroxylation is 1. The standard InChI is InChI=1S/C13H18FN3.HI/c1-9(2)7-16-13(15)17-8-11-5-4-10(3)12(14)6-11;/h4-6H,1,7-8H2,2-3H3,(H3,15,16,17);1H. The zero-order valence-corrected chi connectivity index (χ0v) is 13.0. The highest BCUT2D eigenvalue weighted by Crippen LogP contribution is 2.09. The molecule has 100 valence electrons. The van der Waals surface area contributed by atoms with Crippen LogP contribution in [-0.4, -0.2) is 12.5 Å². The monoisotopic (exact) mass is 363 g/mol. The van der Waals surface area contributed by atoms with Gasteiger partial charge in [0.2, 0.25) is 0 Å². The van der Waals surface area contributed by atoms with E-state index in [-0.39, 0.29) is 29.8 Å². The highest BCUT2D eigenvalue weighted by molar-refractivity contribution is 14.0. The summed E-state index contributed by atoms with van der Waals surface area (Å²) in [6.45, 7) is 8.33. The second-order valence-corrected chi connectivity index (χ2v) is 4.10. The predicted octanol–water partition coefficient (Wildman–Crippen LogP) is 2.73. The molecule has 0 radical (unpaired) electrons. The number of halogens is 2. The van der Waals surface area contributed by atoms with Crippen LogP contribution in [0.5, 0.6) is 0 Å². The summed E-state index contributed by atoms with van der Waals surface area (Å²) in [6.07, 6.45) is 0. The number of nitrogens with zero attached hydrogens (tertiary/aromatic N) is 1. The molecule has 0 unspecified atom stereocenters. The Bertz CT molecular complexity index is 444. The topological polar surface area (TPSA) is 50.4 Å². The van der Waals surface area contributed by atoms with Gasteiger partial charge in [-0.25, -0.2) is 9.38 Å². The van der Waals surface area contributed by atoms with E-state index in [0.717, 1.165) is 11.1 Å². The molecule has 0 aliphatic heterocycles. The number of benzene rings is 1. The number of nitrogens with one attached hydrogen (secondary N) is 1. The fourth-order valence-electron chi connectivity index (χ4n) is 1.21. The van der Waals surface area contributed by atoms with Crippen LogP contribution in [0.2, 0.25) is 0 Å². The average Bonchev–Trinajstić information content (AvgIpc) is 2.28. The first-order chi connectivity index (χ1) is 7.99. The van der Waals surface area contributed by atoms with E-state index in [1.807, 2.05) is 13.0 Å². The second-order valence-electron chi connectivity index (χ2n) is 4.10. The first-order valence-electron chi connectivity index (χ1n) is 5.42. The Morgan fingerprint density at radius 1 is 1.50 bits per heavy atom. The lowest BCUT2D eigenvalue weighted by Crippen LogP contribution is -2.32. The van der Waals surface area contributed by atoms with E-state index < -0.39 is 0 Å². The maximum atomic E-state index is 13.3. The number of rotatable bonds is 4. The van der Waals surface area contributed by atoms with Gasteiger partial charge in [0.25, 0.3) is 0 Å². The van der Waals surface area contributed by atoms with Crippen LogP contribution in [0.4, 0.5) is 4.39 Å². The average molecular weight is 363 g/mol. The Balaban J connectivity index is 0.00000289. The minimum absolute atomic E-state index is 0. The highest BCUT2D eigenvalue weighted by atomic mass is 127. The molecule has 18 heavy (non-hydrogen) atoms. The summed E-state index contributed by atoms with van der Waals surface area (Å²) in [5, 5.41) is 2.91. The van der Waals surface area contributed by atoms with Crippen LogP contribution in [0.15, 0.2) is 35.3 Å². The van der Waals surface area contributed by atoms with Gasteiger partial charge in [-0.3, -0.25) is 0 Å². The smallest absolute Gasteiger partial charge is 0.189 e. The van der Waals surface area contributed by atoms with Crippen molar-refractivity contribution < 1.29 is 4.39 Å². The number of hydrogen-bond acceptors (Lipinski definition) is 1. The molecule has 0 saturated heterocycles. The summed E-state index contributed by atoms with van der Waals surface area (Å²) in [5.41, 5.74) is 8.05. The predicted molar refractivity (Wildman–Crippen MR) is 84.7 cm³/mol. The van der Waals surface area contributed by atoms with Crippen LogP contribution in [0.1, 0.15) is 18.1 Å². The second kappa shape index (κ2) is 8.07. The molecule has 0 spiro atoms. The molecule has 0 heterocycles. The van der Waals surface area contributed by atoms with Crippen LogP contribution < -0.4 is 11.1 Å². The van der Waals surface area contributed by atoms with Gasteiger partial charge >= 0.3 is 0 Å². The van der Waals surface area contributed by atoms with Gasteiger partial charge < -0.3 is 11.1 Å². The zero-order chi connectivity index (χ0) is 12.8. The molecule has 0 aromatic heterocycles. The summed E-state index contributed by atoms with van der Waals surface area (Å²) in [6, 6.07) is 5.05. The summed E-state index contributed by atoms with van der Waals surface area (Å²) >= 11 is 0. The minimum atomic E-state index is -0.217. The van der Waals surface area contributed by atoms with Crippen molar-refractivity contribution in [2.45, 2.75) is 20.4 Å². The molecule has 0 aliphatic rings. The Morgan fingerprint density at radius 3 is 2.72 bits per heavy atom. The lowest BCUT2D eigenvalue weighted by Gasteiger charge is -2.05. The number of nitrogens with two attached hydrogens (primary N) is 1. The quantitative estimate of drug-likeness (QED) is 0.374. The molecule has 1 aromatic rings. The van der Waals surface area contributed by atoms with Gasteiger partial charge in [0.05, 0.1) is 6.54 Å². The highest BCUT2D eigenvalue weighted by Gasteiger charge is 1.99. The largest absolute Gasteiger partial charge is 0.370 e. The van der Waals surface area contributed by atoms with E-state index in [1.165, 1.54) is 6.07 Å². The van der Waals surface area contributed by atoms with Crippen LogP contribution in [-0.2, 0) is 6.54 Å². The SMILES string of the molecule is C=C(C)CNC(N)=NCc1ccc(C)c(F)c1.I. The third-order valence-electron chi connectivity index (χ3n) is 2.24. The molecular weight excluding hydrogens is 344 g/mol. The van der Waals surface area contributed by atoms with Crippen molar-refractivity contribution in [2.24, 2.45) is 10.7 Å². The Labute approximate surface area is 124 Å². The van der Waals surface area contributed by atoms with Gasteiger partial charge in [-0.05, 0) is 31.0 Å². The molecule has 0 bridgehead atoms. The molecule has 0 fully saturated rings. The van der Waals surface area contributed by atoms with Crippen LogP contribution in [0.25, 0.3) is 0 Å². The van der Waals surface area contributed by atoms with Crippen LogP contribution >= 0.6 is 24.0 Å². The number of hydrogen-bond donors (Lipinski definition) is 2. The molecular formula is C13H19FIN3. The number of aliphatic imine (C=N–C) groups is 1. The van der Waals surface area contributed by atoms with E-state index in [4.69, 9.17) is 5.73 Å². The van der Waals surface area contributed by atoms with Crippen molar-refractivity contribution in [3.8, 4) is 0 Å². The van der Waals surface area contributed by atoms with Gasteiger partial charge in [-0.15, -0.1) is 24.0 Å². The lowest BCUT2D eigenvalue weighted by atomic mass is 10.1. The minimum Gasteiger partial charge on any atom is -0.370 e. The fraction of sp³-hybridized carbons (Fsp3) is 0.308. The zero-order valence-electron chi connectivity index (χ0n) is 10.7. The molecule has 5 heteroatoms. The van der Waals surface area contributed by atoms with Crippen molar-refractivity contribution >= 4 is 29.9 Å². The van der Waals surface area contributed by atoms with Gasteiger partial charge in [0.15, 0.2) is 5.96 Å². The van der Waals surface area contributed by atoms with Gasteiger partial charge in [-0.1, -0.05) is 24.3 Å².